The summed E-state index contributed by atoms with van der Waals surface area (Å²) in [7, 11) is 0. The Hall–Kier alpha value is -1.53. The van der Waals surface area contributed by atoms with Crippen LogP contribution in [0.4, 0.5) is 0 Å². The van der Waals surface area contributed by atoms with E-state index in [-0.39, 0.29) is 12.1 Å². The molecule has 2 N–H and O–H groups in total. The van der Waals surface area contributed by atoms with Crippen LogP contribution in [0.15, 0.2) is 27.8 Å². The fourth-order valence-electron chi connectivity index (χ4n) is 2.25. The van der Waals surface area contributed by atoms with Crippen LogP contribution < -0.4 is 10.6 Å². The number of furan rings is 1. The molecule has 0 bridgehead atoms. The van der Waals surface area contributed by atoms with E-state index in [0.29, 0.717) is 19.8 Å². The van der Waals surface area contributed by atoms with Crippen molar-refractivity contribution in [3.8, 4) is 0 Å². The van der Waals surface area contributed by atoms with E-state index in [4.69, 9.17) is 13.9 Å². The van der Waals surface area contributed by atoms with Crippen molar-refractivity contribution < 1.29 is 13.9 Å². The first-order valence-corrected chi connectivity index (χ1v) is 8.04. The third kappa shape index (κ3) is 6.07. The summed E-state index contributed by atoms with van der Waals surface area (Å²) >= 11 is 0. The standard InChI is InChI=1S/C16H27N3O3/c1-3-17-16(18-8-6-14-5-4-9-21-14)19-13(2)11-22-15-7-10-20-12-15/h4-5,9,13,15H,3,6-8,10-12H2,1-2H3,(H2,17,18,19). The Morgan fingerprint density at radius 1 is 1.55 bits per heavy atom. The first-order chi connectivity index (χ1) is 10.8. The molecule has 0 amide bonds. The number of guanidine groups is 1. The van der Waals surface area contributed by atoms with Crippen molar-refractivity contribution in [3.05, 3.63) is 24.2 Å². The smallest absolute Gasteiger partial charge is 0.191 e. The summed E-state index contributed by atoms with van der Waals surface area (Å²) in [5, 5.41) is 6.61. The lowest BCUT2D eigenvalue weighted by molar-refractivity contribution is 0.0347. The zero-order valence-electron chi connectivity index (χ0n) is 13.5. The van der Waals surface area contributed by atoms with Gasteiger partial charge in [0, 0.05) is 32.2 Å². The van der Waals surface area contributed by atoms with Gasteiger partial charge in [-0.05, 0) is 32.4 Å². The predicted molar refractivity (Wildman–Crippen MR) is 86.2 cm³/mol. The van der Waals surface area contributed by atoms with E-state index >= 15 is 0 Å². The summed E-state index contributed by atoms with van der Waals surface area (Å²) < 4.78 is 16.4. The van der Waals surface area contributed by atoms with E-state index in [2.05, 4.69) is 29.5 Å². The van der Waals surface area contributed by atoms with Crippen LogP contribution in [0, 0.1) is 0 Å². The van der Waals surface area contributed by atoms with Gasteiger partial charge in [0.25, 0.3) is 0 Å². The zero-order valence-corrected chi connectivity index (χ0v) is 13.5. The molecule has 1 aliphatic rings. The van der Waals surface area contributed by atoms with E-state index in [1.165, 1.54) is 0 Å². The lowest BCUT2D eigenvalue weighted by Crippen LogP contribution is -2.44. The van der Waals surface area contributed by atoms with Crippen LogP contribution in [0.5, 0.6) is 0 Å². The first-order valence-electron chi connectivity index (χ1n) is 8.04. The van der Waals surface area contributed by atoms with Gasteiger partial charge in [-0.3, -0.25) is 4.99 Å². The summed E-state index contributed by atoms with van der Waals surface area (Å²) in [5.41, 5.74) is 0. The third-order valence-corrected chi connectivity index (χ3v) is 3.41. The summed E-state index contributed by atoms with van der Waals surface area (Å²) in [6, 6.07) is 4.06. The van der Waals surface area contributed by atoms with Crippen molar-refractivity contribution in [2.45, 2.75) is 38.8 Å². The monoisotopic (exact) mass is 309 g/mol. The average Bonchev–Trinajstić information content (AvgIpc) is 3.19. The highest BCUT2D eigenvalue weighted by molar-refractivity contribution is 5.80. The van der Waals surface area contributed by atoms with Crippen molar-refractivity contribution in [1.29, 1.82) is 0 Å². The Labute approximate surface area is 132 Å². The lowest BCUT2D eigenvalue weighted by Gasteiger charge is -2.19. The van der Waals surface area contributed by atoms with Crippen molar-refractivity contribution >= 4 is 5.96 Å². The highest BCUT2D eigenvalue weighted by Crippen LogP contribution is 2.08. The molecule has 1 aromatic heterocycles. The Kier molecular flexibility index (Phi) is 7.25. The number of aliphatic imine (C=N–C) groups is 1. The summed E-state index contributed by atoms with van der Waals surface area (Å²) in [5.74, 6) is 1.77. The molecule has 0 aromatic carbocycles. The molecular formula is C16H27N3O3. The Balaban J connectivity index is 1.71. The maximum absolute atomic E-state index is 5.82. The van der Waals surface area contributed by atoms with Gasteiger partial charge < -0.3 is 24.5 Å². The first kappa shape index (κ1) is 16.8. The number of hydrogen-bond donors (Lipinski definition) is 2. The molecule has 0 radical (unpaired) electrons. The van der Waals surface area contributed by atoms with Crippen LogP contribution in [0.25, 0.3) is 0 Å². The van der Waals surface area contributed by atoms with E-state index in [1.807, 2.05) is 12.1 Å². The van der Waals surface area contributed by atoms with Crippen LogP contribution in [0.3, 0.4) is 0 Å². The Bertz CT molecular complexity index is 428. The number of hydrogen-bond acceptors (Lipinski definition) is 4. The topological polar surface area (TPSA) is 68.0 Å². The summed E-state index contributed by atoms with van der Waals surface area (Å²) in [4.78, 5) is 4.56. The lowest BCUT2D eigenvalue weighted by atomic mass is 10.3. The van der Waals surface area contributed by atoms with Crippen LogP contribution in [0.2, 0.25) is 0 Å². The van der Waals surface area contributed by atoms with Crippen LogP contribution in [0.1, 0.15) is 26.0 Å². The van der Waals surface area contributed by atoms with E-state index in [9.17, 15) is 0 Å². The fourth-order valence-corrected chi connectivity index (χ4v) is 2.25. The van der Waals surface area contributed by atoms with E-state index in [1.54, 1.807) is 6.26 Å². The largest absolute Gasteiger partial charge is 0.469 e. The SMILES string of the molecule is CCNC(=NCCc1ccco1)NC(C)COC1CCOC1. The van der Waals surface area contributed by atoms with Gasteiger partial charge in [-0.25, -0.2) is 0 Å². The minimum Gasteiger partial charge on any atom is -0.469 e. The second-order valence-electron chi connectivity index (χ2n) is 5.45. The molecule has 22 heavy (non-hydrogen) atoms. The maximum atomic E-state index is 5.82. The van der Waals surface area contributed by atoms with Crippen LogP contribution in [-0.4, -0.2) is 51.0 Å². The van der Waals surface area contributed by atoms with Gasteiger partial charge in [0.1, 0.15) is 5.76 Å². The number of ether oxygens (including phenoxy) is 2. The molecule has 0 spiro atoms. The molecule has 2 atom stereocenters. The molecule has 0 saturated carbocycles. The van der Waals surface area contributed by atoms with Crippen molar-refractivity contribution in [2.75, 3.05) is 32.9 Å². The number of nitrogens with one attached hydrogen (secondary N) is 2. The molecule has 2 rings (SSSR count). The molecule has 1 aromatic rings. The second-order valence-corrected chi connectivity index (χ2v) is 5.45. The average molecular weight is 309 g/mol. The molecule has 124 valence electrons. The Morgan fingerprint density at radius 3 is 3.14 bits per heavy atom. The molecule has 1 aliphatic heterocycles. The van der Waals surface area contributed by atoms with Crippen LogP contribution in [-0.2, 0) is 15.9 Å². The van der Waals surface area contributed by atoms with Gasteiger partial charge in [-0.1, -0.05) is 0 Å². The molecule has 2 unspecified atom stereocenters. The summed E-state index contributed by atoms with van der Waals surface area (Å²) in [6.45, 7) is 7.84. The molecule has 1 saturated heterocycles. The normalized spacial score (nSPS) is 20.1. The van der Waals surface area contributed by atoms with Crippen molar-refractivity contribution in [1.82, 2.24) is 10.6 Å². The third-order valence-electron chi connectivity index (χ3n) is 3.41. The molecule has 0 aliphatic carbocycles. The minimum atomic E-state index is 0.196. The second kappa shape index (κ2) is 9.48. The maximum Gasteiger partial charge on any atom is 0.191 e. The molecular weight excluding hydrogens is 282 g/mol. The van der Waals surface area contributed by atoms with Gasteiger partial charge in [-0.15, -0.1) is 0 Å². The Morgan fingerprint density at radius 2 is 2.45 bits per heavy atom. The van der Waals surface area contributed by atoms with Crippen LogP contribution >= 0.6 is 0 Å². The zero-order chi connectivity index (χ0) is 15.6. The molecule has 2 heterocycles. The highest BCUT2D eigenvalue weighted by Gasteiger charge is 2.17. The summed E-state index contributed by atoms with van der Waals surface area (Å²) in [6.07, 6.45) is 3.72. The van der Waals surface area contributed by atoms with Gasteiger partial charge in [0.2, 0.25) is 0 Å². The van der Waals surface area contributed by atoms with Gasteiger partial charge in [0.05, 0.1) is 25.6 Å². The molecule has 6 nitrogen and oxygen atoms in total. The van der Waals surface area contributed by atoms with Gasteiger partial charge in [0.15, 0.2) is 5.96 Å². The minimum absolute atomic E-state index is 0.196. The predicted octanol–water partition coefficient (Wildman–Crippen LogP) is 1.57. The number of nitrogens with zero attached hydrogens (tertiary/aromatic N) is 1. The highest BCUT2D eigenvalue weighted by atomic mass is 16.5. The van der Waals surface area contributed by atoms with E-state index < -0.39 is 0 Å². The quantitative estimate of drug-likeness (QED) is 0.563. The van der Waals surface area contributed by atoms with Crippen molar-refractivity contribution in [2.24, 2.45) is 4.99 Å². The molecule has 6 heteroatoms. The van der Waals surface area contributed by atoms with E-state index in [0.717, 1.165) is 37.7 Å². The van der Waals surface area contributed by atoms with Crippen molar-refractivity contribution in [3.63, 3.8) is 0 Å². The number of rotatable bonds is 8. The van der Waals surface area contributed by atoms with Gasteiger partial charge >= 0.3 is 0 Å². The van der Waals surface area contributed by atoms with Gasteiger partial charge in [-0.2, -0.15) is 0 Å². The fraction of sp³-hybridized carbons (Fsp3) is 0.688. The molecule has 1 fully saturated rings.